The van der Waals surface area contributed by atoms with Gasteiger partial charge in [-0.05, 0) is 83.9 Å². The fourth-order valence-corrected chi connectivity index (χ4v) is 4.86. The van der Waals surface area contributed by atoms with Crippen LogP contribution in [0.1, 0.15) is 38.5 Å². The summed E-state index contributed by atoms with van der Waals surface area (Å²) in [6.45, 7) is 4.27. The predicted molar refractivity (Wildman–Crippen MR) is 127 cm³/mol. The minimum absolute atomic E-state index is 0.0706. The van der Waals surface area contributed by atoms with E-state index >= 15 is 0 Å². The number of carbonyl (C=O) groups excluding carboxylic acids is 3. The molecule has 8 nitrogen and oxygen atoms in total. The highest BCUT2D eigenvalue weighted by Gasteiger charge is 2.33. The van der Waals surface area contributed by atoms with Gasteiger partial charge in [-0.3, -0.25) is 14.5 Å². The smallest absolute Gasteiger partial charge is 0.219 e. The number of nitrogens with one attached hydrogen (secondary N) is 2. The Kier molecular flexibility index (Phi) is 11.1. The second-order valence-electron chi connectivity index (χ2n) is 8.86. The van der Waals surface area contributed by atoms with Crippen LogP contribution < -0.4 is 10.6 Å². The lowest BCUT2D eigenvalue weighted by Crippen LogP contribution is -2.47. The van der Waals surface area contributed by atoms with Gasteiger partial charge in [0.2, 0.25) is 12.3 Å². The summed E-state index contributed by atoms with van der Waals surface area (Å²) in [6, 6.07) is -0.451. The molecule has 180 valence electrons. The number of aldehydes is 1. The van der Waals surface area contributed by atoms with Gasteiger partial charge in [-0.1, -0.05) is 12.2 Å². The van der Waals surface area contributed by atoms with Crippen molar-refractivity contribution in [2.75, 3.05) is 54.4 Å². The Bertz CT molecular complexity index is 685. The van der Waals surface area contributed by atoms with Gasteiger partial charge in [0.25, 0.3) is 0 Å². The van der Waals surface area contributed by atoms with Gasteiger partial charge in [0.05, 0.1) is 12.1 Å². The average molecular weight is 448 g/mol. The monoisotopic (exact) mass is 447 g/mol. The first-order chi connectivity index (χ1) is 15.5. The first-order valence-electron chi connectivity index (χ1n) is 11.8. The van der Waals surface area contributed by atoms with E-state index in [-0.39, 0.29) is 18.0 Å². The highest BCUT2D eigenvalue weighted by molar-refractivity contribution is 5.76. The van der Waals surface area contributed by atoms with E-state index in [2.05, 4.69) is 27.7 Å². The van der Waals surface area contributed by atoms with Crippen molar-refractivity contribution in [3.05, 3.63) is 23.4 Å². The quantitative estimate of drug-likeness (QED) is 0.324. The maximum atomic E-state index is 11.9. The predicted octanol–water partition coefficient (Wildman–Crippen LogP) is 1.00. The fraction of sp³-hybridized carbons (Fsp3) is 0.708. The van der Waals surface area contributed by atoms with Crippen LogP contribution in [0.4, 0.5) is 0 Å². The van der Waals surface area contributed by atoms with Crippen LogP contribution in [0.5, 0.6) is 0 Å². The van der Waals surface area contributed by atoms with Crippen molar-refractivity contribution in [3.8, 4) is 0 Å². The van der Waals surface area contributed by atoms with Gasteiger partial charge in [-0.2, -0.15) is 0 Å². The van der Waals surface area contributed by atoms with Gasteiger partial charge < -0.3 is 25.2 Å². The summed E-state index contributed by atoms with van der Waals surface area (Å²) in [5.74, 6) is 0.331. The molecule has 1 fully saturated rings. The summed E-state index contributed by atoms with van der Waals surface area (Å²) in [4.78, 5) is 41.6. The minimum atomic E-state index is -0.380. The number of piperidine rings is 1. The normalized spacial score (nSPS) is 21.0. The highest BCUT2D eigenvalue weighted by atomic mass is 16.1. The van der Waals surface area contributed by atoms with Gasteiger partial charge >= 0.3 is 0 Å². The lowest BCUT2D eigenvalue weighted by atomic mass is 9.82. The molecule has 32 heavy (non-hydrogen) atoms. The van der Waals surface area contributed by atoms with E-state index in [9.17, 15) is 14.4 Å². The third-order valence-corrected chi connectivity index (χ3v) is 6.85. The van der Waals surface area contributed by atoms with Crippen molar-refractivity contribution < 1.29 is 14.4 Å². The number of likely N-dealkylation sites (N-methyl/N-ethyl adjacent to an activating group) is 2. The molecule has 0 bridgehead atoms. The van der Waals surface area contributed by atoms with Crippen LogP contribution >= 0.6 is 0 Å². The molecule has 2 atom stereocenters. The Balaban J connectivity index is 2.17. The van der Waals surface area contributed by atoms with Crippen LogP contribution in [0.2, 0.25) is 0 Å². The fourth-order valence-electron chi connectivity index (χ4n) is 4.86. The Hall–Kier alpha value is -2.03. The zero-order chi connectivity index (χ0) is 23.5. The summed E-state index contributed by atoms with van der Waals surface area (Å²) in [5.41, 5.74) is 2.21. The van der Waals surface area contributed by atoms with Crippen molar-refractivity contribution in [2.45, 2.75) is 50.6 Å². The lowest BCUT2D eigenvalue weighted by Gasteiger charge is -2.41. The van der Waals surface area contributed by atoms with Crippen LogP contribution in [0, 0.1) is 5.92 Å². The zero-order valence-corrected chi connectivity index (χ0v) is 20.2. The first kappa shape index (κ1) is 26.2. The van der Waals surface area contributed by atoms with Crippen molar-refractivity contribution in [1.29, 1.82) is 0 Å². The van der Waals surface area contributed by atoms with Gasteiger partial charge in [0.1, 0.15) is 6.29 Å². The van der Waals surface area contributed by atoms with Crippen LogP contribution in [0.25, 0.3) is 0 Å². The Morgan fingerprint density at radius 1 is 1.25 bits per heavy atom. The molecule has 0 aromatic carbocycles. The average Bonchev–Trinajstić information content (AvgIpc) is 2.83. The standard InChI is InChI=1S/C24H41N5O3/c1-25-13-6-14-29-15-11-19(12-16-29)21-7-5-8-22(24(21)27(3)18-31)28(4)20(17-30)9-10-23(32)26-2/h5,7,17-20,22,25H,6,8-16H2,1-4H3,(H,26,32)/t20-,22?/m0/s1. The molecule has 1 saturated heterocycles. The van der Waals surface area contributed by atoms with E-state index in [0.29, 0.717) is 18.8 Å². The Morgan fingerprint density at radius 3 is 2.56 bits per heavy atom. The molecule has 0 spiro atoms. The number of carbonyl (C=O) groups is 3. The Morgan fingerprint density at radius 2 is 1.97 bits per heavy atom. The molecular weight excluding hydrogens is 406 g/mol. The number of likely N-dealkylation sites (tertiary alicyclic amines) is 1. The molecule has 0 aromatic heterocycles. The summed E-state index contributed by atoms with van der Waals surface area (Å²) in [5, 5.41) is 5.82. The van der Waals surface area contributed by atoms with E-state index in [1.54, 1.807) is 19.0 Å². The summed E-state index contributed by atoms with van der Waals surface area (Å²) >= 11 is 0. The third kappa shape index (κ3) is 6.98. The van der Waals surface area contributed by atoms with Crippen LogP contribution in [-0.4, -0.2) is 99.8 Å². The van der Waals surface area contributed by atoms with Crippen LogP contribution in [-0.2, 0) is 14.4 Å². The second-order valence-corrected chi connectivity index (χ2v) is 8.86. The molecule has 1 aliphatic heterocycles. The zero-order valence-electron chi connectivity index (χ0n) is 20.2. The van der Waals surface area contributed by atoms with Crippen molar-refractivity contribution in [2.24, 2.45) is 5.92 Å². The van der Waals surface area contributed by atoms with Crippen molar-refractivity contribution in [1.82, 2.24) is 25.3 Å². The van der Waals surface area contributed by atoms with Crippen molar-refractivity contribution in [3.63, 3.8) is 0 Å². The van der Waals surface area contributed by atoms with E-state index in [4.69, 9.17) is 0 Å². The summed E-state index contributed by atoms with van der Waals surface area (Å²) in [7, 11) is 7.31. The van der Waals surface area contributed by atoms with Crippen LogP contribution in [0.15, 0.2) is 23.4 Å². The SMILES string of the molecule is CNCCCN1CCC(C2=C(N(C)C=O)C(N(C)[C@H](C=O)CCC(=O)NC)CC=C2)CC1. The first-order valence-corrected chi connectivity index (χ1v) is 11.8. The maximum Gasteiger partial charge on any atom is 0.219 e. The van der Waals surface area contributed by atoms with Crippen molar-refractivity contribution >= 4 is 18.6 Å². The number of allylic oxidation sites excluding steroid dienone is 2. The molecule has 1 heterocycles. The number of hydrogen-bond donors (Lipinski definition) is 2. The van der Waals surface area contributed by atoms with Crippen LogP contribution in [0.3, 0.4) is 0 Å². The van der Waals surface area contributed by atoms with E-state index in [1.807, 2.05) is 19.0 Å². The molecule has 2 amide bonds. The van der Waals surface area contributed by atoms with E-state index < -0.39 is 0 Å². The molecule has 0 aromatic rings. The number of hydrogen-bond acceptors (Lipinski definition) is 6. The summed E-state index contributed by atoms with van der Waals surface area (Å²) in [6.07, 6.45) is 10.9. The Labute approximate surface area is 193 Å². The third-order valence-electron chi connectivity index (χ3n) is 6.85. The molecule has 1 unspecified atom stereocenters. The number of rotatable bonds is 13. The van der Waals surface area contributed by atoms with Gasteiger partial charge in [0.15, 0.2) is 0 Å². The van der Waals surface area contributed by atoms with Gasteiger partial charge in [-0.25, -0.2) is 0 Å². The molecule has 0 radical (unpaired) electrons. The van der Waals surface area contributed by atoms with E-state index in [1.165, 1.54) is 5.57 Å². The number of amides is 2. The second kappa shape index (κ2) is 13.5. The molecular formula is C24H41N5O3. The highest BCUT2D eigenvalue weighted by Crippen LogP contribution is 2.35. The lowest BCUT2D eigenvalue weighted by molar-refractivity contribution is -0.121. The molecule has 1 aliphatic carbocycles. The maximum absolute atomic E-state index is 11.9. The molecule has 8 heteroatoms. The van der Waals surface area contributed by atoms with E-state index in [0.717, 1.165) is 70.3 Å². The molecule has 2 rings (SSSR count). The number of nitrogens with zero attached hydrogens (tertiary/aromatic N) is 3. The topological polar surface area (TPSA) is 85.0 Å². The van der Waals surface area contributed by atoms with Gasteiger partial charge in [-0.15, -0.1) is 0 Å². The minimum Gasteiger partial charge on any atom is -0.359 e. The largest absolute Gasteiger partial charge is 0.359 e. The molecule has 2 aliphatic rings. The van der Waals surface area contributed by atoms with Gasteiger partial charge in [0, 0.05) is 26.2 Å². The molecule has 2 N–H and O–H groups in total. The summed E-state index contributed by atoms with van der Waals surface area (Å²) < 4.78 is 0. The molecule has 0 saturated carbocycles.